The van der Waals surface area contributed by atoms with E-state index in [0.29, 0.717) is 0 Å². The Morgan fingerprint density at radius 3 is 1.78 bits per heavy atom. The number of benzene rings is 9. The molecule has 50 heavy (non-hydrogen) atoms. The molecule has 0 unspecified atom stereocenters. The molecule has 0 aliphatic carbocycles. The van der Waals surface area contributed by atoms with Crippen LogP contribution in [0.4, 0.5) is 17.1 Å². The summed E-state index contributed by atoms with van der Waals surface area (Å²) in [5.41, 5.74) is 9.84. The lowest BCUT2D eigenvalue weighted by molar-refractivity contribution is 0.669. The van der Waals surface area contributed by atoms with Crippen molar-refractivity contribution in [2.24, 2.45) is 0 Å². The highest BCUT2D eigenvalue weighted by Crippen LogP contribution is 2.42. The van der Waals surface area contributed by atoms with Gasteiger partial charge in [-0.2, -0.15) is 0 Å². The highest BCUT2D eigenvalue weighted by atomic mass is 16.3. The molecule has 0 atom stereocenters. The van der Waals surface area contributed by atoms with Crippen LogP contribution in [0.1, 0.15) is 0 Å². The Bertz CT molecular complexity index is 2890. The second-order valence-electron chi connectivity index (χ2n) is 13.0. The summed E-state index contributed by atoms with van der Waals surface area (Å²) in [5, 5.41) is 9.71. The van der Waals surface area contributed by atoms with Crippen molar-refractivity contribution < 1.29 is 4.42 Å². The Morgan fingerprint density at radius 2 is 0.880 bits per heavy atom. The molecule has 0 spiro atoms. The maximum atomic E-state index is 6.23. The predicted molar refractivity (Wildman–Crippen MR) is 212 cm³/mol. The minimum absolute atomic E-state index is 0.888. The van der Waals surface area contributed by atoms with Crippen molar-refractivity contribution in [1.29, 1.82) is 0 Å². The van der Waals surface area contributed by atoms with E-state index < -0.39 is 0 Å². The van der Waals surface area contributed by atoms with Crippen LogP contribution in [0.15, 0.2) is 192 Å². The van der Waals surface area contributed by atoms with Crippen molar-refractivity contribution in [2.45, 2.75) is 0 Å². The number of hydrogen-bond donors (Lipinski definition) is 0. The Kier molecular flexibility index (Phi) is 6.53. The van der Waals surface area contributed by atoms with Crippen molar-refractivity contribution in [1.82, 2.24) is 0 Å². The van der Waals surface area contributed by atoms with E-state index in [0.717, 1.165) is 44.6 Å². The van der Waals surface area contributed by atoms with Crippen LogP contribution in [0.5, 0.6) is 0 Å². The van der Waals surface area contributed by atoms with Crippen molar-refractivity contribution in [2.75, 3.05) is 4.90 Å². The van der Waals surface area contributed by atoms with Gasteiger partial charge in [-0.15, -0.1) is 0 Å². The number of fused-ring (bicyclic) bond motifs is 7. The first-order chi connectivity index (χ1) is 24.8. The molecule has 0 aliphatic heterocycles. The highest BCUT2D eigenvalue weighted by molar-refractivity contribution is 6.09. The quantitative estimate of drug-likeness (QED) is 0.175. The number of rotatable bonds is 5. The average Bonchev–Trinajstić information content (AvgIpc) is 3.56. The molecule has 10 aromatic rings. The fourth-order valence-corrected chi connectivity index (χ4v) is 7.61. The van der Waals surface area contributed by atoms with Crippen LogP contribution in [0.25, 0.3) is 76.5 Å². The maximum absolute atomic E-state index is 6.23. The third-order valence-electron chi connectivity index (χ3n) is 10.0. The summed E-state index contributed by atoms with van der Waals surface area (Å²) in [6, 6.07) is 67.7. The van der Waals surface area contributed by atoms with Crippen molar-refractivity contribution >= 4 is 71.3 Å². The molecular formula is C48H31NO. The lowest BCUT2D eigenvalue weighted by Crippen LogP contribution is -2.10. The summed E-state index contributed by atoms with van der Waals surface area (Å²) in [6.07, 6.45) is 0. The first-order valence-corrected chi connectivity index (χ1v) is 17.1. The van der Waals surface area contributed by atoms with Gasteiger partial charge < -0.3 is 9.32 Å². The van der Waals surface area contributed by atoms with Gasteiger partial charge in [0.15, 0.2) is 0 Å². The Morgan fingerprint density at radius 1 is 0.300 bits per heavy atom. The number of anilines is 3. The van der Waals surface area contributed by atoms with Crippen LogP contribution in [0.3, 0.4) is 0 Å². The molecule has 2 heteroatoms. The van der Waals surface area contributed by atoms with Crippen molar-refractivity contribution in [3.8, 4) is 22.3 Å². The first-order valence-electron chi connectivity index (χ1n) is 17.1. The van der Waals surface area contributed by atoms with Gasteiger partial charge in [0.1, 0.15) is 11.2 Å². The third-order valence-corrected chi connectivity index (χ3v) is 10.0. The van der Waals surface area contributed by atoms with Crippen LogP contribution in [0, 0.1) is 0 Å². The minimum atomic E-state index is 0.888. The van der Waals surface area contributed by atoms with Gasteiger partial charge in [0, 0.05) is 27.8 Å². The van der Waals surface area contributed by atoms with Crippen LogP contribution >= 0.6 is 0 Å². The lowest BCUT2D eigenvalue weighted by Gasteiger charge is -2.26. The smallest absolute Gasteiger partial charge is 0.135 e. The molecule has 234 valence electrons. The zero-order valence-corrected chi connectivity index (χ0v) is 27.3. The average molecular weight is 638 g/mol. The van der Waals surface area contributed by atoms with Gasteiger partial charge in [-0.25, -0.2) is 0 Å². The number of furan rings is 1. The van der Waals surface area contributed by atoms with E-state index >= 15 is 0 Å². The fourth-order valence-electron chi connectivity index (χ4n) is 7.61. The normalized spacial score (nSPS) is 11.6. The van der Waals surface area contributed by atoms with Crippen molar-refractivity contribution in [3.63, 3.8) is 0 Å². The van der Waals surface area contributed by atoms with E-state index in [2.05, 4.69) is 181 Å². The van der Waals surface area contributed by atoms with E-state index in [1.54, 1.807) is 0 Å². The summed E-state index contributed by atoms with van der Waals surface area (Å²) in [4.78, 5) is 2.37. The molecule has 9 aromatic carbocycles. The Hall–Kier alpha value is -6.64. The Balaban J connectivity index is 1.14. The molecule has 0 amide bonds. The SMILES string of the molecule is c1cc(-c2cccc(N(c3ccc4c(ccc5ccccc54)c3)c3ccc4oc5ccccc5c4c3)c2)cc(-c2cccc3ccccc23)c1. The number of hydrogen-bond acceptors (Lipinski definition) is 2. The zero-order chi connectivity index (χ0) is 33.0. The fraction of sp³-hybridized carbons (Fsp3) is 0. The molecule has 0 radical (unpaired) electrons. The van der Waals surface area contributed by atoms with E-state index in [1.165, 1.54) is 49.0 Å². The molecule has 0 bridgehead atoms. The Labute approximate surface area is 290 Å². The molecule has 0 N–H and O–H groups in total. The molecule has 0 saturated heterocycles. The minimum Gasteiger partial charge on any atom is -0.456 e. The zero-order valence-electron chi connectivity index (χ0n) is 27.3. The molecule has 0 saturated carbocycles. The molecule has 1 aromatic heterocycles. The summed E-state index contributed by atoms with van der Waals surface area (Å²) >= 11 is 0. The third kappa shape index (κ3) is 4.73. The van der Waals surface area contributed by atoms with Crippen LogP contribution in [-0.4, -0.2) is 0 Å². The summed E-state index contributed by atoms with van der Waals surface area (Å²) in [5.74, 6) is 0. The van der Waals surface area contributed by atoms with Gasteiger partial charge in [0.25, 0.3) is 0 Å². The number of nitrogens with zero attached hydrogens (tertiary/aromatic N) is 1. The van der Waals surface area contributed by atoms with Gasteiger partial charge in [-0.1, -0.05) is 133 Å². The lowest BCUT2D eigenvalue weighted by atomic mass is 9.95. The topological polar surface area (TPSA) is 16.4 Å². The first kappa shape index (κ1) is 28.4. The molecule has 2 nitrogen and oxygen atoms in total. The van der Waals surface area contributed by atoms with E-state index in [1.807, 2.05) is 12.1 Å². The van der Waals surface area contributed by atoms with Gasteiger partial charge >= 0.3 is 0 Å². The van der Waals surface area contributed by atoms with Crippen molar-refractivity contribution in [3.05, 3.63) is 188 Å². The maximum Gasteiger partial charge on any atom is 0.135 e. The van der Waals surface area contributed by atoms with Gasteiger partial charge in [-0.05, 0) is 109 Å². The predicted octanol–water partition coefficient (Wildman–Crippen LogP) is 13.8. The second-order valence-corrected chi connectivity index (χ2v) is 13.0. The van der Waals surface area contributed by atoms with Gasteiger partial charge in [-0.3, -0.25) is 0 Å². The monoisotopic (exact) mass is 637 g/mol. The van der Waals surface area contributed by atoms with E-state index in [4.69, 9.17) is 4.42 Å². The van der Waals surface area contributed by atoms with Crippen LogP contribution in [-0.2, 0) is 0 Å². The van der Waals surface area contributed by atoms with Crippen LogP contribution < -0.4 is 4.90 Å². The molecule has 0 fully saturated rings. The summed E-state index contributed by atoms with van der Waals surface area (Å²) < 4.78 is 6.23. The standard InChI is InChI=1S/C48H31NO/c1-3-17-41-32(10-1)12-9-20-43(41)36-15-7-13-34(28-36)35-14-8-16-38(29-35)49(40-25-27-48-46(31-40)45-19-5-6-21-47(45)50-48)39-24-26-44-37(30-39)23-22-33-11-2-4-18-42(33)44/h1-31H. The highest BCUT2D eigenvalue weighted by Gasteiger charge is 2.17. The van der Waals surface area contributed by atoms with Gasteiger partial charge in [0.2, 0.25) is 0 Å². The molecular weight excluding hydrogens is 607 g/mol. The van der Waals surface area contributed by atoms with Gasteiger partial charge in [0.05, 0.1) is 0 Å². The molecule has 10 rings (SSSR count). The second kappa shape index (κ2) is 11.5. The molecule has 0 aliphatic rings. The summed E-state index contributed by atoms with van der Waals surface area (Å²) in [6.45, 7) is 0. The largest absolute Gasteiger partial charge is 0.456 e. The number of para-hydroxylation sites is 1. The van der Waals surface area contributed by atoms with E-state index in [9.17, 15) is 0 Å². The van der Waals surface area contributed by atoms with Crippen LogP contribution in [0.2, 0.25) is 0 Å². The molecule has 1 heterocycles. The summed E-state index contributed by atoms with van der Waals surface area (Å²) in [7, 11) is 0. The van der Waals surface area contributed by atoms with E-state index in [-0.39, 0.29) is 0 Å².